The first-order chi connectivity index (χ1) is 26.3. The van der Waals surface area contributed by atoms with Gasteiger partial charge in [-0.05, 0) is 50.6 Å². The Morgan fingerprint density at radius 3 is 1.21 bits per heavy atom. The average Bonchev–Trinajstić information content (AvgIpc) is 3.55. The highest BCUT2D eigenvalue weighted by Crippen LogP contribution is 2.57. The van der Waals surface area contributed by atoms with E-state index >= 15 is 0 Å². The van der Waals surface area contributed by atoms with Crippen molar-refractivity contribution in [1.82, 2.24) is 9.97 Å². The van der Waals surface area contributed by atoms with Crippen molar-refractivity contribution in [3.63, 3.8) is 0 Å². The smallest absolute Gasteiger partial charge is 0.0979 e. The molecule has 8 aromatic carbocycles. The number of nitrogens with zero attached hydrogens (tertiary/aromatic N) is 2. The first-order valence-electron chi connectivity index (χ1n) is 18.2. The van der Waals surface area contributed by atoms with Crippen molar-refractivity contribution < 1.29 is 0 Å². The molecule has 0 atom stereocenters. The van der Waals surface area contributed by atoms with E-state index in [9.17, 15) is 0 Å². The molecule has 9 aromatic rings. The van der Waals surface area contributed by atoms with Gasteiger partial charge in [0.2, 0.25) is 0 Å². The van der Waals surface area contributed by atoms with Crippen LogP contribution >= 0.6 is 0 Å². The van der Waals surface area contributed by atoms with Gasteiger partial charge in [-0.1, -0.05) is 200 Å². The summed E-state index contributed by atoms with van der Waals surface area (Å²) in [6, 6.07) is 73.7. The topological polar surface area (TPSA) is 25.8 Å². The van der Waals surface area contributed by atoms with Crippen LogP contribution in [0, 0.1) is 0 Å². The highest BCUT2D eigenvalue weighted by atomic mass is 14.8. The Kier molecular flexibility index (Phi) is 7.40. The zero-order valence-corrected chi connectivity index (χ0v) is 29.0. The molecule has 1 aliphatic carbocycles. The van der Waals surface area contributed by atoms with Gasteiger partial charge in [0.15, 0.2) is 0 Å². The number of rotatable bonds is 6. The maximum absolute atomic E-state index is 5.69. The monoisotopic (exact) mass is 674 g/mol. The molecule has 2 heteroatoms. The zero-order chi connectivity index (χ0) is 35.2. The maximum Gasteiger partial charge on any atom is 0.0979 e. The number of fused-ring (bicyclic) bond motifs is 4. The van der Waals surface area contributed by atoms with Crippen LogP contribution in [0.4, 0.5) is 0 Å². The van der Waals surface area contributed by atoms with Crippen LogP contribution in [0.1, 0.15) is 22.3 Å². The van der Waals surface area contributed by atoms with Gasteiger partial charge in [-0.3, -0.25) is 0 Å². The third kappa shape index (κ3) is 4.95. The summed E-state index contributed by atoms with van der Waals surface area (Å²) < 4.78 is 0. The number of benzene rings is 8. The van der Waals surface area contributed by atoms with Crippen LogP contribution in [-0.4, -0.2) is 9.97 Å². The van der Waals surface area contributed by atoms with Crippen LogP contribution in [0.5, 0.6) is 0 Å². The van der Waals surface area contributed by atoms with Crippen LogP contribution in [-0.2, 0) is 5.41 Å². The number of aromatic nitrogens is 2. The molecule has 248 valence electrons. The van der Waals surface area contributed by atoms with E-state index in [0.29, 0.717) is 0 Å². The molecule has 1 aliphatic rings. The normalized spacial score (nSPS) is 12.7. The Labute approximate surface area is 309 Å². The van der Waals surface area contributed by atoms with Crippen LogP contribution < -0.4 is 0 Å². The van der Waals surface area contributed by atoms with E-state index in [4.69, 9.17) is 9.97 Å². The van der Waals surface area contributed by atoms with Gasteiger partial charge in [-0.15, -0.1) is 0 Å². The average molecular weight is 675 g/mol. The second kappa shape index (κ2) is 12.7. The lowest BCUT2D eigenvalue weighted by atomic mass is 9.67. The van der Waals surface area contributed by atoms with Crippen molar-refractivity contribution in [2.24, 2.45) is 0 Å². The fourth-order valence-corrected chi connectivity index (χ4v) is 8.43. The molecule has 0 unspecified atom stereocenters. The number of hydrogen-bond donors (Lipinski definition) is 0. The minimum atomic E-state index is -0.517. The van der Waals surface area contributed by atoms with Crippen molar-refractivity contribution in [2.75, 3.05) is 0 Å². The van der Waals surface area contributed by atoms with Crippen molar-refractivity contribution in [1.29, 1.82) is 0 Å². The molecule has 0 bridgehead atoms. The molecule has 0 radical (unpaired) electrons. The van der Waals surface area contributed by atoms with Gasteiger partial charge in [-0.25, -0.2) is 9.97 Å². The summed E-state index contributed by atoms with van der Waals surface area (Å²) in [6.45, 7) is 0. The highest BCUT2D eigenvalue weighted by molar-refractivity contribution is 6.03. The molecule has 0 fully saturated rings. The third-order valence-corrected chi connectivity index (χ3v) is 10.8. The van der Waals surface area contributed by atoms with Crippen molar-refractivity contribution in [3.05, 3.63) is 229 Å². The molecular formula is C51H34N2. The maximum atomic E-state index is 5.69. The summed E-state index contributed by atoms with van der Waals surface area (Å²) >= 11 is 0. The summed E-state index contributed by atoms with van der Waals surface area (Å²) in [7, 11) is 0. The number of hydrogen-bond acceptors (Lipinski definition) is 2. The van der Waals surface area contributed by atoms with E-state index in [-0.39, 0.29) is 0 Å². The van der Waals surface area contributed by atoms with Crippen LogP contribution in [0.15, 0.2) is 206 Å². The van der Waals surface area contributed by atoms with Gasteiger partial charge in [-0.2, -0.15) is 0 Å². The molecule has 1 aromatic heterocycles. The minimum Gasteiger partial charge on any atom is -0.243 e. The Morgan fingerprint density at radius 2 is 0.679 bits per heavy atom. The van der Waals surface area contributed by atoms with Crippen molar-refractivity contribution in [3.8, 4) is 55.9 Å². The van der Waals surface area contributed by atoms with Crippen LogP contribution in [0.2, 0.25) is 0 Å². The lowest BCUT2D eigenvalue weighted by molar-refractivity contribution is 0.768. The van der Waals surface area contributed by atoms with E-state index in [1.54, 1.807) is 0 Å². The predicted molar refractivity (Wildman–Crippen MR) is 219 cm³/mol. The van der Waals surface area contributed by atoms with Gasteiger partial charge in [0, 0.05) is 22.3 Å². The van der Waals surface area contributed by atoms with Gasteiger partial charge >= 0.3 is 0 Å². The molecule has 10 rings (SSSR count). The molecule has 53 heavy (non-hydrogen) atoms. The summed E-state index contributed by atoms with van der Waals surface area (Å²) in [5.41, 5.74) is 16.9. The zero-order valence-electron chi connectivity index (χ0n) is 29.0. The second-order valence-corrected chi connectivity index (χ2v) is 13.7. The lowest BCUT2D eigenvalue weighted by Crippen LogP contribution is -2.28. The van der Waals surface area contributed by atoms with Crippen LogP contribution in [0.3, 0.4) is 0 Å². The standard InChI is InChI=1S/C51H34N2/c1-6-18-35(19-7-1)41-32-33-42(36-20-8-2-9-21-36)50-49(41)52-47(37-22-10-3-11-23-37)48(53-50)38-30-31-44-43-28-16-17-29-45(43)51(46(44)34-38,39-24-12-4-13-25-39)40-26-14-5-15-27-40/h1-34H. The second-order valence-electron chi connectivity index (χ2n) is 13.7. The summed E-state index contributed by atoms with van der Waals surface area (Å²) in [6.07, 6.45) is 0. The Bertz CT molecular complexity index is 2700. The molecular weight excluding hydrogens is 641 g/mol. The Balaban J connectivity index is 1.31. The van der Waals surface area contributed by atoms with E-state index in [0.717, 1.165) is 55.8 Å². The first kappa shape index (κ1) is 30.9. The van der Waals surface area contributed by atoms with Crippen LogP contribution in [0.25, 0.3) is 66.9 Å². The quantitative estimate of drug-likeness (QED) is 0.175. The van der Waals surface area contributed by atoms with E-state index in [2.05, 4.69) is 206 Å². The highest BCUT2D eigenvalue weighted by Gasteiger charge is 2.46. The largest absolute Gasteiger partial charge is 0.243 e. The summed E-state index contributed by atoms with van der Waals surface area (Å²) in [5.74, 6) is 0. The molecule has 0 N–H and O–H groups in total. The lowest BCUT2D eigenvalue weighted by Gasteiger charge is -2.34. The molecule has 2 nitrogen and oxygen atoms in total. The molecule has 0 saturated carbocycles. The van der Waals surface area contributed by atoms with Gasteiger partial charge in [0.25, 0.3) is 0 Å². The fraction of sp³-hybridized carbons (Fsp3) is 0.0196. The Hall–Kier alpha value is -6.90. The van der Waals surface area contributed by atoms with Gasteiger partial charge in [0.1, 0.15) is 0 Å². The molecule has 0 amide bonds. The molecule has 0 saturated heterocycles. The third-order valence-electron chi connectivity index (χ3n) is 10.8. The van der Waals surface area contributed by atoms with Gasteiger partial charge < -0.3 is 0 Å². The SMILES string of the molecule is c1ccc(-c2nc3c(-c4ccccc4)ccc(-c4ccccc4)c3nc2-c2ccc3c(c2)C(c2ccccc2)(c2ccccc2)c2ccccc2-3)cc1. The van der Waals surface area contributed by atoms with E-state index in [1.807, 2.05) is 0 Å². The van der Waals surface area contributed by atoms with E-state index < -0.39 is 5.41 Å². The van der Waals surface area contributed by atoms with Crippen molar-refractivity contribution in [2.45, 2.75) is 5.41 Å². The molecule has 1 heterocycles. The minimum absolute atomic E-state index is 0.517. The van der Waals surface area contributed by atoms with Crippen molar-refractivity contribution >= 4 is 11.0 Å². The Morgan fingerprint density at radius 1 is 0.283 bits per heavy atom. The fourth-order valence-electron chi connectivity index (χ4n) is 8.43. The predicted octanol–water partition coefficient (Wildman–Crippen LogP) is 12.7. The molecule has 0 spiro atoms. The molecule has 0 aliphatic heterocycles. The van der Waals surface area contributed by atoms with E-state index in [1.165, 1.54) is 33.4 Å². The first-order valence-corrected chi connectivity index (χ1v) is 18.2. The summed E-state index contributed by atoms with van der Waals surface area (Å²) in [4.78, 5) is 11.3. The summed E-state index contributed by atoms with van der Waals surface area (Å²) in [5, 5.41) is 0. The van der Waals surface area contributed by atoms with Gasteiger partial charge in [0.05, 0.1) is 27.8 Å².